The molecule has 7 heteroatoms. The lowest BCUT2D eigenvalue weighted by molar-refractivity contribution is -0.385. The molecule has 0 radical (unpaired) electrons. The van der Waals surface area contributed by atoms with E-state index in [1.54, 1.807) is 6.92 Å². The van der Waals surface area contributed by atoms with Gasteiger partial charge in [0.1, 0.15) is 11.6 Å². The monoisotopic (exact) mass is 292 g/mol. The Kier molecular flexibility index (Phi) is 3.93. The van der Waals surface area contributed by atoms with Crippen molar-refractivity contribution in [2.75, 3.05) is 5.32 Å². The molecule has 0 unspecified atom stereocenters. The maximum absolute atomic E-state index is 13.6. The Morgan fingerprint density at radius 3 is 2.57 bits per heavy atom. The lowest BCUT2D eigenvalue weighted by Crippen LogP contribution is -2.14. The summed E-state index contributed by atoms with van der Waals surface area (Å²) in [5, 5.41) is 12.9. The number of aryl methyl sites for hydroxylation is 1. The number of nitrogens with zero attached hydrogens (tertiary/aromatic N) is 1. The van der Waals surface area contributed by atoms with Crippen LogP contribution in [0.25, 0.3) is 0 Å². The van der Waals surface area contributed by atoms with Gasteiger partial charge in [-0.2, -0.15) is 0 Å². The summed E-state index contributed by atoms with van der Waals surface area (Å²) in [6.45, 7) is 1.68. The smallest absolute Gasteiger partial charge is 0.274 e. The Morgan fingerprint density at radius 2 is 1.90 bits per heavy atom. The van der Waals surface area contributed by atoms with Gasteiger partial charge in [-0.1, -0.05) is 11.6 Å². The molecule has 0 aliphatic rings. The van der Waals surface area contributed by atoms with Gasteiger partial charge in [0.2, 0.25) is 0 Å². The number of carbonyl (C=O) groups excluding carboxylic acids is 1. The number of amides is 1. The Bertz CT molecular complexity index is 732. The molecule has 0 saturated heterocycles. The van der Waals surface area contributed by atoms with Gasteiger partial charge >= 0.3 is 0 Å². The largest absolute Gasteiger partial charge is 0.322 e. The normalized spacial score (nSPS) is 10.2. The molecule has 0 saturated carbocycles. The van der Waals surface area contributed by atoms with Gasteiger partial charge in [-0.15, -0.1) is 0 Å². The maximum atomic E-state index is 13.6. The van der Waals surface area contributed by atoms with E-state index in [1.165, 1.54) is 12.1 Å². The Hall–Kier alpha value is -2.83. The molecule has 0 aromatic heterocycles. The topological polar surface area (TPSA) is 72.2 Å². The molecule has 5 nitrogen and oxygen atoms in total. The van der Waals surface area contributed by atoms with Crippen molar-refractivity contribution < 1.29 is 18.5 Å². The van der Waals surface area contributed by atoms with E-state index in [-0.39, 0.29) is 11.3 Å². The molecule has 2 rings (SSSR count). The summed E-state index contributed by atoms with van der Waals surface area (Å²) in [6.07, 6.45) is 0. The average Bonchev–Trinajstić information content (AvgIpc) is 2.40. The van der Waals surface area contributed by atoms with E-state index < -0.39 is 28.2 Å². The van der Waals surface area contributed by atoms with Gasteiger partial charge in [0.15, 0.2) is 0 Å². The zero-order valence-electron chi connectivity index (χ0n) is 10.9. The zero-order valence-corrected chi connectivity index (χ0v) is 10.9. The van der Waals surface area contributed by atoms with E-state index in [0.717, 1.165) is 24.3 Å². The average molecular weight is 292 g/mol. The number of hydrogen-bond donors (Lipinski definition) is 1. The predicted octanol–water partition coefficient (Wildman–Crippen LogP) is 3.43. The number of carbonyl (C=O) groups is 1. The molecule has 108 valence electrons. The minimum absolute atomic E-state index is 0.118. The third-order valence-corrected chi connectivity index (χ3v) is 2.72. The van der Waals surface area contributed by atoms with Crippen LogP contribution < -0.4 is 5.32 Å². The summed E-state index contributed by atoms with van der Waals surface area (Å²) in [6, 6.07) is 6.60. The van der Waals surface area contributed by atoms with Gasteiger partial charge in [-0.05, 0) is 25.1 Å². The number of nitrogens with one attached hydrogen (secondary N) is 1. The maximum Gasteiger partial charge on any atom is 0.274 e. The molecular weight excluding hydrogens is 282 g/mol. The van der Waals surface area contributed by atoms with E-state index in [9.17, 15) is 23.7 Å². The summed E-state index contributed by atoms with van der Waals surface area (Å²) in [4.78, 5) is 21.8. The lowest BCUT2D eigenvalue weighted by atomic mass is 10.1. The Balaban J connectivity index is 2.31. The summed E-state index contributed by atoms with van der Waals surface area (Å²) < 4.78 is 26.8. The van der Waals surface area contributed by atoms with Crippen LogP contribution >= 0.6 is 0 Å². The SMILES string of the molecule is Cc1ccc(F)c(C(=O)Nc2cc(F)cc([N+](=O)[O-])c2)c1. The summed E-state index contributed by atoms with van der Waals surface area (Å²) in [7, 11) is 0. The van der Waals surface area contributed by atoms with Crippen molar-refractivity contribution in [2.45, 2.75) is 6.92 Å². The number of halogens is 2. The van der Waals surface area contributed by atoms with Gasteiger partial charge in [0, 0.05) is 6.07 Å². The molecule has 2 aromatic carbocycles. The fourth-order valence-electron chi connectivity index (χ4n) is 1.76. The predicted molar refractivity (Wildman–Crippen MR) is 72.1 cm³/mol. The minimum atomic E-state index is -0.871. The standard InChI is InChI=1S/C14H10F2N2O3/c1-8-2-3-13(16)12(4-8)14(19)17-10-5-9(15)6-11(7-10)18(20)21/h2-7H,1H3,(H,17,19). The molecule has 0 spiro atoms. The second kappa shape index (κ2) is 5.66. The van der Waals surface area contributed by atoms with Crippen LogP contribution in [0.3, 0.4) is 0 Å². The first kappa shape index (κ1) is 14.6. The molecule has 0 fully saturated rings. The highest BCUT2D eigenvalue weighted by Gasteiger charge is 2.15. The number of anilines is 1. The molecule has 2 aromatic rings. The third kappa shape index (κ3) is 3.38. The first-order chi connectivity index (χ1) is 9.86. The highest BCUT2D eigenvalue weighted by molar-refractivity contribution is 6.04. The van der Waals surface area contributed by atoms with Crippen molar-refractivity contribution in [1.29, 1.82) is 0 Å². The fraction of sp³-hybridized carbons (Fsp3) is 0.0714. The fourth-order valence-corrected chi connectivity index (χ4v) is 1.76. The zero-order chi connectivity index (χ0) is 15.6. The van der Waals surface area contributed by atoms with Crippen molar-refractivity contribution in [1.82, 2.24) is 0 Å². The molecule has 21 heavy (non-hydrogen) atoms. The number of nitro benzene ring substituents is 1. The van der Waals surface area contributed by atoms with E-state index >= 15 is 0 Å². The molecule has 0 bridgehead atoms. The molecule has 0 heterocycles. The van der Waals surface area contributed by atoms with E-state index in [0.29, 0.717) is 5.56 Å². The van der Waals surface area contributed by atoms with E-state index in [4.69, 9.17) is 0 Å². The minimum Gasteiger partial charge on any atom is -0.322 e. The van der Waals surface area contributed by atoms with Crippen LogP contribution in [-0.2, 0) is 0 Å². The van der Waals surface area contributed by atoms with Crippen LogP contribution in [0.1, 0.15) is 15.9 Å². The first-order valence-electron chi connectivity index (χ1n) is 5.89. The summed E-state index contributed by atoms with van der Waals surface area (Å²) in [5.41, 5.74) is -0.170. The Morgan fingerprint density at radius 1 is 1.19 bits per heavy atom. The number of non-ortho nitro benzene ring substituents is 1. The molecule has 1 N–H and O–H groups in total. The van der Waals surface area contributed by atoms with Gasteiger partial charge in [0.25, 0.3) is 11.6 Å². The Labute approximate surface area is 118 Å². The van der Waals surface area contributed by atoms with Crippen LogP contribution in [0.15, 0.2) is 36.4 Å². The molecule has 0 atom stereocenters. The van der Waals surface area contributed by atoms with Crippen molar-refractivity contribution in [3.63, 3.8) is 0 Å². The molecular formula is C14H10F2N2O3. The van der Waals surface area contributed by atoms with Gasteiger partial charge in [0.05, 0.1) is 22.2 Å². The molecule has 0 aliphatic carbocycles. The van der Waals surface area contributed by atoms with E-state index in [1.807, 2.05) is 0 Å². The van der Waals surface area contributed by atoms with Crippen LogP contribution in [0.5, 0.6) is 0 Å². The van der Waals surface area contributed by atoms with Crippen LogP contribution in [0.2, 0.25) is 0 Å². The van der Waals surface area contributed by atoms with Crippen LogP contribution in [-0.4, -0.2) is 10.8 Å². The van der Waals surface area contributed by atoms with Crippen LogP contribution in [0.4, 0.5) is 20.2 Å². The van der Waals surface area contributed by atoms with Gasteiger partial charge in [-0.3, -0.25) is 14.9 Å². The highest BCUT2D eigenvalue weighted by Crippen LogP contribution is 2.21. The number of nitro groups is 1. The third-order valence-electron chi connectivity index (χ3n) is 2.72. The van der Waals surface area contributed by atoms with Crippen molar-refractivity contribution in [2.24, 2.45) is 0 Å². The van der Waals surface area contributed by atoms with Gasteiger partial charge in [-0.25, -0.2) is 8.78 Å². The summed E-state index contributed by atoms with van der Waals surface area (Å²) in [5.74, 6) is -2.41. The number of rotatable bonds is 3. The number of benzene rings is 2. The van der Waals surface area contributed by atoms with Crippen LogP contribution in [0, 0.1) is 28.7 Å². The van der Waals surface area contributed by atoms with E-state index in [2.05, 4.69) is 5.32 Å². The molecule has 0 aliphatic heterocycles. The second-order valence-corrected chi connectivity index (χ2v) is 4.39. The summed E-state index contributed by atoms with van der Waals surface area (Å²) >= 11 is 0. The second-order valence-electron chi connectivity index (χ2n) is 4.39. The first-order valence-corrected chi connectivity index (χ1v) is 5.89. The quantitative estimate of drug-likeness (QED) is 0.695. The highest BCUT2D eigenvalue weighted by atomic mass is 19.1. The van der Waals surface area contributed by atoms with Crippen molar-refractivity contribution in [3.8, 4) is 0 Å². The van der Waals surface area contributed by atoms with Gasteiger partial charge < -0.3 is 5.32 Å². The molecule has 1 amide bonds. The lowest BCUT2D eigenvalue weighted by Gasteiger charge is -2.07. The van der Waals surface area contributed by atoms with Crippen molar-refractivity contribution >= 4 is 17.3 Å². The number of hydrogen-bond acceptors (Lipinski definition) is 3. The van der Waals surface area contributed by atoms with Crippen molar-refractivity contribution in [3.05, 3.63) is 69.3 Å².